The predicted molar refractivity (Wildman–Crippen MR) is 194 cm³/mol. The van der Waals surface area contributed by atoms with E-state index in [-0.39, 0.29) is 23.3 Å². The van der Waals surface area contributed by atoms with Crippen LogP contribution in [0.3, 0.4) is 0 Å². The first-order valence-corrected chi connectivity index (χ1v) is 17.7. The van der Waals surface area contributed by atoms with Crippen LogP contribution in [0.2, 0.25) is 0 Å². The lowest BCUT2D eigenvalue weighted by Gasteiger charge is -2.41. The van der Waals surface area contributed by atoms with Crippen molar-refractivity contribution in [2.24, 2.45) is 0 Å². The van der Waals surface area contributed by atoms with Gasteiger partial charge in [-0.2, -0.15) is 10.1 Å². The van der Waals surface area contributed by atoms with E-state index in [0.717, 1.165) is 33.9 Å². The second kappa shape index (κ2) is 13.4. The SMILES string of the molecule is CC(C)c1nccc(CCCI)c1-n1c(=O)nc(N2CCN(C(=O)OC(C)(C)C)C[C@@H]2C)c2cc(F)c(-c3cccc4cn[nH]c34)nc21. The van der Waals surface area contributed by atoms with Crippen molar-refractivity contribution in [1.29, 1.82) is 0 Å². The van der Waals surface area contributed by atoms with E-state index in [1.807, 2.05) is 64.6 Å². The van der Waals surface area contributed by atoms with Gasteiger partial charge >= 0.3 is 11.8 Å². The van der Waals surface area contributed by atoms with E-state index in [0.29, 0.717) is 47.6 Å². The fourth-order valence-corrected chi connectivity index (χ4v) is 6.68. The number of hydrogen-bond acceptors (Lipinski definition) is 8. The maximum absolute atomic E-state index is 16.4. The van der Waals surface area contributed by atoms with Gasteiger partial charge in [0.15, 0.2) is 5.65 Å². The number of halogens is 2. The van der Waals surface area contributed by atoms with Gasteiger partial charge in [0, 0.05) is 42.8 Å². The molecule has 1 aliphatic heterocycles. The van der Waals surface area contributed by atoms with Crippen LogP contribution in [0.1, 0.15) is 65.1 Å². The van der Waals surface area contributed by atoms with Crippen molar-refractivity contribution in [2.45, 2.75) is 71.9 Å². The molecule has 1 saturated heterocycles. The van der Waals surface area contributed by atoms with E-state index in [4.69, 9.17) is 14.7 Å². The third-order valence-electron chi connectivity index (χ3n) is 8.47. The zero-order valence-corrected chi connectivity index (χ0v) is 30.2. The smallest absolute Gasteiger partial charge is 0.410 e. The van der Waals surface area contributed by atoms with Gasteiger partial charge in [0.05, 0.1) is 28.5 Å². The Morgan fingerprint density at radius 1 is 1.19 bits per heavy atom. The summed E-state index contributed by atoms with van der Waals surface area (Å²) in [5.74, 6) is -0.247. The van der Waals surface area contributed by atoms with Crippen molar-refractivity contribution in [3.8, 4) is 16.9 Å². The topological polar surface area (TPSA) is 122 Å². The van der Waals surface area contributed by atoms with Gasteiger partial charge in [-0.05, 0) is 68.6 Å². The summed E-state index contributed by atoms with van der Waals surface area (Å²) in [5.41, 5.74) is 2.71. The number of rotatable bonds is 7. The summed E-state index contributed by atoms with van der Waals surface area (Å²) in [5, 5.41) is 8.34. The number of aromatic amines is 1. The molecule has 0 bridgehead atoms. The Kier molecular flexibility index (Phi) is 9.42. The molecule has 1 aromatic carbocycles. The van der Waals surface area contributed by atoms with Crippen LogP contribution in [0.15, 0.2) is 47.5 Å². The lowest BCUT2D eigenvalue weighted by Crippen LogP contribution is -2.55. The van der Waals surface area contributed by atoms with E-state index in [1.165, 1.54) is 10.6 Å². The van der Waals surface area contributed by atoms with Crippen molar-refractivity contribution >= 4 is 56.4 Å². The Labute approximate surface area is 292 Å². The quantitative estimate of drug-likeness (QED) is 0.142. The Morgan fingerprint density at radius 2 is 1.98 bits per heavy atom. The van der Waals surface area contributed by atoms with Crippen LogP contribution in [0.4, 0.5) is 15.0 Å². The predicted octanol–water partition coefficient (Wildman–Crippen LogP) is 6.79. The van der Waals surface area contributed by atoms with E-state index in [2.05, 4.69) is 37.8 Å². The lowest BCUT2D eigenvalue weighted by atomic mass is 10.0. The highest BCUT2D eigenvalue weighted by Crippen LogP contribution is 2.35. The Bertz CT molecular complexity index is 2050. The summed E-state index contributed by atoms with van der Waals surface area (Å²) in [6.07, 6.45) is 4.69. The number of hydrogen-bond donors (Lipinski definition) is 1. The number of amides is 1. The molecule has 252 valence electrons. The molecule has 1 aliphatic rings. The molecule has 5 heterocycles. The van der Waals surface area contributed by atoms with Gasteiger partial charge in [0.2, 0.25) is 0 Å². The summed E-state index contributed by atoms with van der Waals surface area (Å²) < 4.78 is 24.5. The molecule has 13 heteroatoms. The molecule has 0 spiro atoms. The number of anilines is 1. The number of aryl methyl sites for hydroxylation is 1. The molecular formula is C35H40FIN8O3. The number of nitrogens with one attached hydrogen (secondary N) is 1. The number of fused-ring (bicyclic) bond motifs is 2. The first-order valence-electron chi connectivity index (χ1n) is 16.2. The summed E-state index contributed by atoms with van der Waals surface area (Å²) in [4.78, 5) is 45.2. The molecule has 6 rings (SSSR count). The zero-order chi connectivity index (χ0) is 34.3. The molecule has 1 amide bonds. The Hall–Kier alpha value is -4.14. The van der Waals surface area contributed by atoms with Crippen LogP contribution in [0.25, 0.3) is 38.9 Å². The van der Waals surface area contributed by atoms with E-state index < -0.39 is 23.2 Å². The highest BCUT2D eigenvalue weighted by atomic mass is 127. The van der Waals surface area contributed by atoms with Crippen molar-refractivity contribution in [2.75, 3.05) is 29.0 Å². The van der Waals surface area contributed by atoms with Gasteiger partial charge in [0.25, 0.3) is 0 Å². The maximum Gasteiger partial charge on any atom is 0.410 e. The van der Waals surface area contributed by atoms with E-state index in [9.17, 15) is 9.59 Å². The third-order valence-corrected chi connectivity index (χ3v) is 9.23. The number of nitrogens with zero attached hydrogens (tertiary/aromatic N) is 7. The number of pyridine rings is 2. The molecule has 1 fully saturated rings. The second-order valence-corrected chi connectivity index (χ2v) is 14.6. The Balaban J connectivity index is 1.58. The van der Waals surface area contributed by atoms with Gasteiger partial charge in [0.1, 0.15) is 22.9 Å². The molecule has 1 atom stereocenters. The number of ether oxygens (including phenoxy) is 1. The van der Waals surface area contributed by atoms with Gasteiger partial charge < -0.3 is 14.5 Å². The summed E-state index contributed by atoms with van der Waals surface area (Å²) in [6, 6.07) is 8.62. The van der Waals surface area contributed by atoms with Gasteiger partial charge in [-0.3, -0.25) is 10.1 Å². The molecule has 1 N–H and O–H groups in total. The summed E-state index contributed by atoms with van der Waals surface area (Å²) in [7, 11) is 0. The fourth-order valence-electron chi connectivity index (χ4n) is 6.30. The minimum absolute atomic E-state index is 0.0132. The minimum Gasteiger partial charge on any atom is -0.444 e. The first kappa shape index (κ1) is 33.7. The van der Waals surface area contributed by atoms with Crippen molar-refractivity contribution in [3.63, 3.8) is 0 Å². The van der Waals surface area contributed by atoms with Gasteiger partial charge in [-0.1, -0.05) is 54.6 Å². The molecule has 11 nitrogen and oxygen atoms in total. The maximum atomic E-state index is 16.4. The van der Waals surface area contributed by atoms with Crippen LogP contribution < -0.4 is 10.6 Å². The molecule has 48 heavy (non-hydrogen) atoms. The summed E-state index contributed by atoms with van der Waals surface area (Å²) >= 11 is 2.35. The van der Waals surface area contributed by atoms with Gasteiger partial charge in [-0.15, -0.1) is 0 Å². The molecule has 4 aromatic heterocycles. The number of aromatic nitrogens is 6. The number of H-pyrrole nitrogens is 1. The molecule has 0 saturated carbocycles. The number of alkyl halides is 1. The van der Waals surface area contributed by atoms with Crippen LogP contribution in [-0.2, 0) is 11.2 Å². The second-order valence-electron chi connectivity index (χ2n) is 13.5. The van der Waals surface area contributed by atoms with Crippen LogP contribution in [-0.4, -0.2) is 76.4 Å². The third kappa shape index (κ3) is 6.48. The highest BCUT2D eigenvalue weighted by Gasteiger charge is 2.33. The lowest BCUT2D eigenvalue weighted by molar-refractivity contribution is 0.0218. The number of para-hydroxylation sites is 1. The number of carbonyl (C=O) groups is 1. The number of piperazine rings is 1. The molecule has 0 aliphatic carbocycles. The number of benzene rings is 1. The van der Waals surface area contributed by atoms with E-state index >= 15 is 4.39 Å². The zero-order valence-electron chi connectivity index (χ0n) is 28.0. The summed E-state index contributed by atoms with van der Waals surface area (Å²) in [6.45, 7) is 12.6. The fraction of sp³-hybridized carbons (Fsp3) is 0.429. The molecule has 0 radical (unpaired) electrons. The van der Waals surface area contributed by atoms with Crippen molar-refractivity contribution in [3.05, 3.63) is 70.3 Å². The average molecular weight is 767 g/mol. The van der Waals surface area contributed by atoms with Crippen LogP contribution >= 0.6 is 22.6 Å². The number of carbonyl (C=O) groups excluding carboxylic acids is 1. The minimum atomic E-state index is -0.627. The van der Waals surface area contributed by atoms with Gasteiger partial charge in [-0.25, -0.2) is 23.5 Å². The molecule has 0 unspecified atom stereocenters. The average Bonchev–Trinajstić information content (AvgIpc) is 3.52. The van der Waals surface area contributed by atoms with Crippen LogP contribution in [0.5, 0.6) is 0 Å². The molecule has 5 aromatic rings. The first-order chi connectivity index (χ1) is 22.9. The normalized spacial score (nSPS) is 15.6. The monoisotopic (exact) mass is 766 g/mol. The Morgan fingerprint density at radius 3 is 2.69 bits per heavy atom. The van der Waals surface area contributed by atoms with Crippen LogP contribution in [0, 0.1) is 5.82 Å². The highest BCUT2D eigenvalue weighted by molar-refractivity contribution is 14.1. The van der Waals surface area contributed by atoms with Crippen molar-refractivity contribution in [1.82, 2.24) is 34.6 Å². The largest absolute Gasteiger partial charge is 0.444 e. The molecular weight excluding hydrogens is 726 g/mol. The van der Waals surface area contributed by atoms with Crippen molar-refractivity contribution < 1.29 is 13.9 Å². The standard InChI is InChI=1S/C35H40FIN8O3/c1-20(2)27-30(22(10-8-13-37)12-14-38-27)45-32-25(17-26(36)29(40-32)24-11-7-9-23-18-39-42-28(23)24)31(41-33(45)46)44-16-15-43(19-21(44)3)34(47)48-35(4,5)6/h7,9,11-12,14,17-18,20-21H,8,10,13,15-16,19H2,1-6H3,(H,39,42)/t21-/m0/s1. The van der Waals surface area contributed by atoms with E-state index in [1.54, 1.807) is 23.4 Å².